The van der Waals surface area contributed by atoms with Gasteiger partial charge in [-0.05, 0) is 58.4 Å². The van der Waals surface area contributed by atoms with Crippen molar-refractivity contribution in [2.24, 2.45) is 17.6 Å². The SMILES string of the molecule is CCC(CCCCNC(=O)CCC1=C(C)C(=O)OC1=O)C(=O)CC(CCCCN)C(=O)NCCCOCCOC. The molecule has 0 saturated heterocycles. The Morgan fingerprint density at radius 1 is 0.900 bits per heavy atom. The van der Waals surface area contributed by atoms with Gasteiger partial charge in [0.05, 0.1) is 13.2 Å². The molecule has 40 heavy (non-hydrogen) atoms. The zero-order chi connectivity index (χ0) is 29.8. The van der Waals surface area contributed by atoms with E-state index < -0.39 is 11.9 Å². The van der Waals surface area contributed by atoms with Crippen molar-refractivity contribution < 1.29 is 38.2 Å². The lowest BCUT2D eigenvalue weighted by Crippen LogP contribution is -2.34. The smallest absolute Gasteiger partial charge is 0.342 e. The molecule has 0 aromatic carbocycles. The highest BCUT2D eigenvalue weighted by atomic mass is 16.6. The van der Waals surface area contributed by atoms with Crippen LogP contribution in [0.15, 0.2) is 11.1 Å². The number of Topliss-reactive ketones (excluding diaryl/α,β-unsaturated/α-hetero) is 1. The van der Waals surface area contributed by atoms with E-state index in [-0.39, 0.29) is 59.8 Å². The van der Waals surface area contributed by atoms with Crippen molar-refractivity contribution >= 4 is 29.5 Å². The van der Waals surface area contributed by atoms with Gasteiger partial charge in [-0.2, -0.15) is 0 Å². The molecule has 0 bridgehead atoms. The number of carbonyl (C=O) groups is 5. The molecule has 0 aromatic rings. The third-order valence-electron chi connectivity index (χ3n) is 7.06. The summed E-state index contributed by atoms with van der Waals surface area (Å²) < 4.78 is 14.9. The van der Waals surface area contributed by atoms with Gasteiger partial charge in [-0.3, -0.25) is 14.4 Å². The lowest BCUT2D eigenvalue weighted by atomic mass is 9.86. The van der Waals surface area contributed by atoms with Crippen LogP contribution in [0.3, 0.4) is 0 Å². The number of hydrogen-bond donors (Lipinski definition) is 3. The molecular formula is C29H49N3O8. The minimum absolute atomic E-state index is 0.0963. The number of ether oxygens (including phenoxy) is 3. The van der Waals surface area contributed by atoms with E-state index in [2.05, 4.69) is 15.4 Å². The first kappa shape index (κ1) is 35.4. The summed E-state index contributed by atoms with van der Waals surface area (Å²) in [4.78, 5) is 61.1. The Labute approximate surface area is 238 Å². The van der Waals surface area contributed by atoms with E-state index in [1.165, 1.54) is 6.92 Å². The normalized spacial score (nSPS) is 14.7. The molecule has 0 spiro atoms. The maximum atomic E-state index is 13.1. The zero-order valence-electron chi connectivity index (χ0n) is 24.5. The molecular weight excluding hydrogens is 518 g/mol. The first-order valence-corrected chi connectivity index (χ1v) is 14.5. The molecule has 1 rings (SSSR count). The molecule has 11 nitrogen and oxygen atoms in total. The Hall–Kier alpha value is -2.63. The average Bonchev–Trinajstić information content (AvgIpc) is 3.18. The molecule has 11 heteroatoms. The van der Waals surface area contributed by atoms with E-state index in [0.29, 0.717) is 71.6 Å². The summed E-state index contributed by atoms with van der Waals surface area (Å²) in [5.74, 6) is -2.02. The number of nitrogens with two attached hydrogens (primary N) is 1. The first-order chi connectivity index (χ1) is 19.2. The Bertz CT molecular complexity index is 858. The monoisotopic (exact) mass is 567 g/mol. The Morgan fingerprint density at radius 3 is 2.25 bits per heavy atom. The molecule has 0 fully saturated rings. The number of carbonyl (C=O) groups excluding carboxylic acids is 5. The number of unbranched alkanes of at least 4 members (excludes halogenated alkanes) is 2. The topological polar surface area (TPSA) is 163 Å². The number of nitrogens with one attached hydrogen (secondary N) is 2. The molecule has 0 radical (unpaired) electrons. The van der Waals surface area contributed by atoms with Gasteiger partial charge in [0.2, 0.25) is 11.8 Å². The van der Waals surface area contributed by atoms with Crippen LogP contribution in [0.5, 0.6) is 0 Å². The maximum Gasteiger partial charge on any atom is 0.342 e. The zero-order valence-corrected chi connectivity index (χ0v) is 24.5. The van der Waals surface area contributed by atoms with Gasteiger partial charge >= 0.3 is 11.9 Å². The van der Waals surface area contributed by atoms with Gasteiger partial charge in [0.1, 0.15) is 5.78 Å². The van der Waals surface area contributed by atoms with Gasteiger partial charge in [0.15, 0.2) is 0 Å². The fourth-order valence-electron chi connectivity index (χ4n) is 4.50. The predicted molar refractivity (Wildman–Crippen MR) is 150 cm³/mol. The molecule has 228 valence electrons. The van der Waals surface area contributed by atoms with Gasteiger partial charge in [-0.15, -0.1) is 0 Å². The van der Waals surface area contributed by atoms with Crippen molar-refractivity contribution in [1.29, 1.82) is 0 Å². The van der Waals surface area contributed by atoms with Crippen LogP contribution < -0.4 is 16.4 Å². The molecule has 2 amide bonds. The summed E-state index contributed by atoms with van der Waals surface area (Å²) in [6.07, 6.45) is 6.28. The van der Waals surface area contributed by atoms with E-state index in [1.54, 1.807) is 7.11 Å². The quantitative estimate of drug-likeness (QED) is 0.0902. The highest BCUT2D eigenvalue weighted by molar-refractivity contribution is 6.12. The summed E-state index contributed by atoms with van der Waals surface area (Å²) in [6, 6.07) is 0. The van der Waals surface area contributed by atoms with E-state index >= 15 is 0 Å². The van der Waals surface area contributed by atoms with Gasteiger partial charge in [0.25, 0.3) is 0 Å². The first-order valence-electron chi connectivity index (χ1n) is 14.5. The van der Waals surface area contributed by atoms with Crippen molar-refractivity contribution in [2.45, 2.75) is 84.5 Å². The van der Waals surface area contributed by atoms with Crippen LogP contribution >= 0.6 is 0 Å². The van der Waals surface area contributed by atoms with E-state index in [9.17, 15) is 24.0 Å². The van der Waals surface area contributed by atoms with Crippen LogP contribution in [0.1, 0.15) is 84.5 Å². The Kier molecular flexibility index (Phi) is 18.7. The van der Waals surface area contributed by atoms with Gasteiger partial charge in [-0.1, -0.05) is 19.8 Å². The number of esters is 2. The van der Waals surface area contributed by atoms with Crippen LogP contribution in [0, 0.1) is 11.8 Å². The summed E-state index contributed by atoms with van der Waals surface area (Å²) in [6.45, 7) is 6.60. The molecule has 0 aromatic heterocycles. The predicted octanol–water partition coefficient (Wildman–Crippen LogP) is 2.35. The number of hydrogen-bond acceptors (Lipinski definition) is 9. The second-order valence-corrected chi connectivity index (χ2v) is 10.1. The summed E-state index contributed by atoms with van der Waals surface area (Å²) in [5, 5.41) is 5.77. The number of methoxy groups -OCH3 is 1. The molecule has 1 heterocycles. The molecule has 0 aliphatic carbocycles. The lowest BCUT2D eigenvalue weighted by molar-refractivity contribution is -0.151. The van der Waals surface area contributed by atoms with E-state index in [4.69, 9.17) is 15.2 Å². The van der Waals surface area contributed by atoms with Gasteiger partial charge in [-0.25, -0.2) is 9.59 Å². The molecule has 2 atom stereocenters. The third-order valence-corrected chi connectivity index (χ3v) is 7.06. The Balaban J connectivity index is 2.38. The summed E-state index contributed by atoms with van der Waals surface area (Å²) in [7, 11) is 1.62. The minimum Gasteiger partial charge on any atom is -0.386 e. The number of amides is 2. The highest BCUT2D eigenvalue weighted by Gasteiger charge is 2.29. The van der Waals surface area contributed by atoms with Crippen LogP contribution in [0.2, 0.25) is 0 Å². The van der Waals surface area contributed by atoms with Crippen molar-refractivity contribution in [3.8, 4) is 0 Å². The second-order valence-electron chi connectivity index (χ2n) is 10.1. The highest BCUT2D eigenvalue weighted by Crippen LogP contribution is 2.22. The van der Waals surface area contributed by atoms with Crippen molar-refractivity contribution in [1.82, 2.24) is 10.6 Å². The van der Waals surface area contributed by atoms with E-state index in [1.807, 2.05) is 6.92 Å². The summed E-state index contributed by atoms with van der Waals surface area (Å²) >= 11 is 0. The van der Waals surface area contributed by atoms with Crippen LogP contribution in [0.25, 0.3) is 0 Å². The largest absolute Gasteiger partial charge is 0.386 e. The molecule has 4 N–H and O–H groups in total. The Morgan fingerprint density at radius 2 is 1.60 bits per heavy atom. The van der Waals surface area contributed by atoms with Crippen molar-refractivity contribution in [3.63, 3.8) is 0 Å². The van der Waals surface area contributed by atoms with Crippen LogP contribution in [-0.2, 0) is 38.2 Å². The minimum atomic E-state index is -0.673. The third kappa shape index (κ3) is 14.1. The molecule has 0 saturated carbocycles. The van der Waals surface area contributed by atoms with E-state index in [0.717, 1.165) is 19.3 Å². The fraction of sp³-hybridized carbons (Fsp3) is 0.759. The van der Waals surface area contributed by atoms with Gasteiger partial charge in [0, 0.05) is 62.6 Å². The second kappa shape index (κ2) is 21.2. The summed E-state index contributed by atoms with van der Waals surface area (Å²) in [5.41, 5.74) is 6.14. The number of cyclic esters (lactones) is 2. The van der Waals surface area contributed by atoms with Crippen molar-refractivity contribution in [3.05, 3.63) is 11.1 Å². The van der Waals surface area contributed by atoms with Crippen molar-refractivity contribution in [2.75, 3.05) is 46.6 Å². The van der Waals surface area contributed by atoms with Gasteiger partial charge < -0.3 is 30.6 Å². The standard InChI is InChI=1S/C29H49N3O8/c1-4-22(10-6-8-15-31-26(34)13-12-24-21(2)28(36)40-29(24)37)25(33)20-23(11-5-7-14-30)27(35)32-16-9-17-39-19-18-38-3/h22-23H,4-20,30H2,1-3H3,(H,31,34)(H,32,35). The molecule has 1 aliphatic rings. The number of ketones is 1. The molecule has 2 unspecified atom stereocenters. The molecule has 1 aliphatic heterocycles. The lowest BCUT2D eigenvalue weighted by Gasteiger charge is -2.20. The number of rotatable bonds is 24. The van der Waals surface area contributed by atoms with Crippen LogP contribution in [-0.4, -0.2) is 76.1 Å². The maximum absolute atomic E-state index is 13.1. The average molecular weight is 568 g/mol. The fourth-order valence-corrected chi connectivity index (χ4v) is 4.50. The van der Waals surface area contributed by atoms with Crippen LogP contribution in [0.4, 0.5) is 0 Å².